The summed E-state index contributed by atoms with van der Waals surface area (Å²) in [7, 11) is 0. The fourth-order valence-electron chi connectivity index (χ4n) is 4.55. The third-order valence-electron chi connectivity index (χ3n) is 6.47. The van der Waals surface area contributed by atoms with Crippen LogP contribution in [0.3, 0.4) is 0 Å². The molecule has 7 heteroatoms. The number of benzene rings is 1. The van der Waals surface area contributed by atoms with Crippen molar-refractivity contribution in [2.45, 2.75) is 39.2 Å². The molecule has 29 heavy (non-hydrogen) atoms. The standard InChI is InChI=1S/C22H22ClN5O/c1-13-4-3-5-18(14(13)2)27-11-10-19-20(22(27)29)25-26-21-17(12-24-28(19)21)15-6-8-16(23)9-7-15/h6-14,18H,3-5H2,1-2H3/t13-,14+,18+/m0/s1. The molecule has 1 aliphatic carbocycles. The van der Waals surface area contributed by atoms with Gasteiger partial charge in [0.2, 0.25) is 0 Å². The Morgan fingerprint density at radius 2 is 1.86 bits per heavy atom. The van der Waals surface area contributed by atoms with Crippen molar-refractivity contribution >= 4 is 28.3 Å². The summed E-state index contributed by atoms with van der Waals surface area (Å²) < 4.78 is 3.55. The molecule has 0 saturated heterocycles. The van der Waals surface area contributed by atoms with Crippen LogP contribution in [0.5, 0.6) is 0 Å². The van der Waals surface area contributed by atoms with Crippen LogP contribution in [-0.2, 0) is 0 Å². The van der Waals surface area contributed by atoms with Gasteiger partial charge in [-0.3, -0.25) is 4.79 Å². The van der Waals surface area contributed by atoms with Gasteiger partial charge in [-0.15, -0.1) is 10.2 Å². The van der Waals surface area contributed by atoms with Gasteiger partial charge in [-0.2, -0.15) is 5.10 Å². The quantitative estimate of drug-likeness (QED) is 0.480. The smallest absolute Gasteiger partial charge is 0.280 e. The van der Waals surface area contributed by atoms with Crippen molar-refractivity contribution in [3.63, 3.8) is 0 Å². The molecular weight excluding hydrogens is 386 g/mol. The predicted octanol–water partition coefficient (Wildman–Crippen LogP) is 4.76. The summed E-state index contributed by atoms with van der Waals surface area (Å²) in [6, 6.07) is 9.65. The van der Waals surface area contributed by atoms with Crippen LogP contribution in [0.15, 0.2) is 47.5 Å². The molecule has 1 fully saturated rings. The van der Waals surface area contributed by atoms with E-state index in [2.05, 4.69) is 29.1 Å². The first-order valence-corrected chi connectivity index (χ1v) is 10.4. The third-order valence-corrected chi connectivity index (χ3v) is 6.72. The van der Waals surface area contributed by atoms with Gasteiger partial charge in [-0.1, -0.05) is 50.4 Å². The molecule has 0 radical (unpaired) electrons. The fourth-order valence-corrected chi connectivity index (χ4v) is 4.67. The van der Waals surface area contributed by atoms with Crippen molar-refractivity contribution in [2.24, 2.45) is 11.8 Å². The molecule has 3 atom stereocenters. The lowest BCUT2D eigenvalue weighted by Gasteiger charge is -2.35. The Kier molecular flexibility index (Phi) is 4.39. The minimum absolute atomic E-state index is 0.0913. The molecule has 0 unspecified atom stereocenters. The van der Waals surface area contributed by atoms with E-state index in [1.807, 2.05) is 41.1 Å². The molecule has 148 valence electrons. The fraction of sp³-hybridized carbons (Fsp3) is 0.364. The summed E-state index contributed by atoms with van der Waals surface area (Å²) in [5, 5.41) is 13.8. The van der Waals surface area contributed by atoms with Crippen molar-refractivity contribution in [1.29, 1.82) is 0 Å². The number of fused-ring (bicyclic) bond motifs is 3. The molecule has 1 saturated carbocycles. The molecule has 3 aromatic heterocycles. The summed E-state index contributed by atoms with van der Waals surface area (Å²) in [6.45, 7) is 4.51. The Morgan fingerprint density at radius 3 is 2.66 bits per heavy atom. The molecule has 6 nitrogen and oxygen atoms in total. The highest BCUT2D eigenvalue weighted by Crippen LogP contribution is 2.37. The van der Waals surface area contributed by atoms with Gasteiger partial charge in [0, 0.05) is 22.8 Å². The lowest BCUT2D eigenvalue weighted by molar-refractivity contribution is 0.183. The van der Waals surface area contributed by atoms with Gasteiger partial charge in [-0.25, -0.2) is 4.52 Å². The summed E-state index contributed by atoms with van der Waals surface area (Å²) in [6.07, 6.45) is 7.04. The maximum Gasteiger partial charge on any atom is 0.280 e. The molecule has 0 bridgehead atoms. The summed E-state index contributed by atoms with van der Waals surface area (Å²) in [5.41, 5.74) is 3.37. The Bertz CT molecular complexity index is 1260. The van der Waals surface area contributed by atoms with E-state index in [4.69, 9.17) is 11.6 Å². The number of rotatable bonds is 2. The summed E-state index contributed by atoms with van der Waals surface area (Å²) in [4.78, 5) is 13.2. The van der Waals surface area contributed by atoms with Crippen LogP contribution in [0.4, 0.5) is 0 Å². The van der Waals surface area contributed by atoms with E-state index in [1.165, 1.54) is 6.42 Å². The van der Waals surface area contributed by atoms with Crippen LogP contribution in [0.1, 0.15) is 39.2 Å². The van der Waals surface area contributed by atoms with Crippen LogP contribution in [0.25, 0.3) is 27.8 Å². The summed E-state index contributed by atoms with van der Waals surface area (Å²) in [5.74, 6) is 1.06. The first kappa shape index (κ1) is 18.3. The number of halogens is 1. The molecule has 4 aromatic rings. The van der Waals surface area contributed by atoms with E-state index in [1.54, 1.807) is 10.7 Å². The number of aromatic nitrogens is 5. The van der Waals surface area contributed by atoms with E-state index < -0.39 is 0 Å². The lowest BCUT2D eigenvalue weighted by atomic mass is 9.78. The maximum absolute atomic E-state index is 13.2. The molecule has 3 heterocycles. The number of hydrogen-bond acceptors (Lipinski definition) is 4. The number of nitrogens with zero attached hydrogens (tertiary/aromatic N) is 5. The lowest BCUT2D eigenvalue weighted by Crippen LogP contribution is -2.34. The van der Waals surface area contributed by atoms with Crippen LogP contribution in [0, 0.1) is 11.8 Å². The minimum Gasteiger partial charge on any atom is -0.310 e. The normalized spacial score (nSPS) is 22.4. The van der Waals surface area contributed by atoms with Gasteiger partial charge in [0.15, 0.2) is 11.2 Å². The monoisotopic (exact) mass is 407 g/mol. The van der Waals surface area contributed by atoms with Crippen LogP contribution in [0.2, 0.25) is 5.02 Å². The van der Waals surface area contributed by atoms with Crippen LogP contribution >= 0.6 is 11.6 Å². The van der Waals surface area contributed by atoms with Gasteiger partial charge in [0.1, 0.15) is 5.52 Å². The van der Waals surface area contributed by atoms with Crippen molar-refractivity contribution in [2.75, 3.05) is 0 Å². The second-order valence-corrected chi connectivity index (χ2v) is 8.53. The van der Waals surface area contributed by atoms with E-state index in [0.29, 0.717) is 33.5 Å². The molecule has 0 N–H and O–H groups in total. The van der Waals surface area contributed by atoms with E-state index in [9.17, 15) is 4.79 Å². The Balaban J connectivity index is 1.65. The first-order valence-electron chi connectivity index (χ1n) is 10.1. The van der Waals surface area contributed by atoms with E-state index >= 15 is 0 Å². The van der Waals surface area contributed by atoms with E-state index in [-0.39, 0.29) is 11.6 Å². The third kappa shape index (κ3) is 2.94. The maximum atomic E-state index is 13.2. The van der Waals surface area contributed by atoms with Crippen molar-refractivity contribution in [3.8, 4) is 11.1 Å². The molecule has 5 rings (SSSR count). The van der Waals surface area contributed by atoms with E-state index in [0.717, 1.165) is 24.0 Å². The van der Waals surface area contributed by atoms with Gasteiger partial charge in [0.25, 0.3) is 5.56 Å². The van der Waals surface area contributed by atoms with Crippen molar-refractivity contribution < 1.29 is 0 Å². The first-order chi connectivity index (χ1) is 14.0. The van der Waals surface area contributed by atoms with Gasteiger partial charge >= 0.3 is 0 Å². The predicted molar refractivity (Wildman–Crippen MR) is 114 cm³/mol. The molecule has 0 spiro atoms. The highest BCUT2D eigenvalue weighted by atomic mass is 35.5. The molecule has 0 amide bonds. The number of pyridine rings is 1. The zero-order valence-corrected chi connectivity index (χ0v) is 17.2. The average molecular weight is 408 g/mol. The number of hydrogen-bond donors (Lipinski definition) is 0. The van der Waals surface area contributed by atoms with Gasteiger partial charge < -0.3 is 4.57 Å². The Labute approximate surface area is 173 Å². The van der Waals surface area contributed by atoms with Crippen molar-refractivity contribution in [3.05, 3.63) is 58.1 Å². The zero-order chi connectivity index (χ0) is 20.1. The zero-order valence-electron chi connectivity index (χ0n) is 16.4. The van der Waals surface area contributed by atoms with Crippen molar-refractivity contribution in [1.82, 2.24) is 24.4 Å². The SMILES string of the molecule is C[C@H]1[C@H](n2ccc3c(nnc4c(-c5ccc(Cl)cc5)cnn43)c2=O)CCC[C@@H]1C. The molecule has 1 aromatic carbocycles. The highest BCUT2D eigenvalue weighted by Gasteiger charge is 2.29. The van der Waals surface area contributed by atoms with Gasteiger partial charge in [0.05, 0.1) is 6.20 Å². The minimum atomic E-state index is -0.0913. The Morgan fingerprint density at radius 1 is 1.07 bits per heavy atom. The summed E-state index contributed by atoms with van der Waals surface area (Å²) >= 11 is 6.00. The van der Waals surface area contributed by atoms with Crippen LogP contribution in [-0.4, -0.2) is 24.4 Å². The Hall–Kier alpha value is -2.73. The molecular formula is C22H22ClN5O. The second kappa shape index (κ2) is 6.95. The average Bonchev–Trinajstić information content (AvgIpc) is 3.16. The van der Waals surface area contributed by atoms with Crippen LogP contribution < -0.4 is 5.56 Å². The topological polar surface area (TPSA) is 65.1 Å². The largest absolute Gasteiger partial charge is 0.310 e. The molecule has 1 aliphatic rings. The van der Waals surface area contributed by atoms with Gasteiger partial charge in [-0.05, 0) is 42.0 Å². The highest BCUT2D eigenvalue weighted by molar-refractivity contribution is 6.30. The second-order valence-electron chi connectivity index (χ2n) is 8.10. The molecule has 0 aliphatic heterocycles.